The molecular weight excluding hydrogens is 268 g/mol. The maximum absolute atomic E-state index is 11.5. The van der Waals surface area contributed by atoms with Gasteiger partial charge in [0.05, 0.1) is 26.2 Å². The predicted molar refractivity (Wildman–Crippen MR) is 67.8 cm³/mol. The third-order valence-corrected chi connectivity index (χ3v) is 2.41. The Bertz CT molecular complexity index is 362. The number of aliphatic hydroxyl groups is 1. The fraction of sp³-hybridized carbons (Fsp3) is 0.692. The van der Waals surface area contributed by atoms with Gasteiger partial charge in [-0.1, -0.05) is 0 Å². The van der Waals surface area contributed by atoms with Crippen LogP contribution in [0.15, 0.2) is 0 Å². The van der Waals surface area contributed by atoms with Crippen molar-refractivity contribution in [3.63, 3.8) is 0 Å². The van der Waals surface area contributed by atoms with E-state index in [0.717, 1.165) is 7.11 Å². The predicted octanol–water partition coefficient (Wildman–Crippen LogP) is 0.172. The van der Waals surface area contributed by atoms with E-state index >= 15 is 0 Å². The zero-order valence-corrected chi connectivity index (χ0v) is 11.7. The molecule has 0 rings (SSSR count). The summed E-state index contributed by atoms with van der Waals surface area (Å²) in [5, 5.41) is 9.56. The highest BCUT2D eigenvalue weighted by Gasteiger charge is 2.17. The van der Waals surface area contributed by atoms with Crippen LogP contribution in [-0.4, -0.2) is 48.4 Å². The lowest BCUT2D eigenvalue weighted by molar-refractivity contribution is -0.144. The number of rotatable bonds is 10. The minimum Gasteiger partial charge on any atom is -0.469 e. The quantitative estimate of drug-likeness (QED) is 0.347. The average Bonchev–Trinajstić information content (AvgIpc) is 2.33. The van der Waals surface area contributed by atoms with Gasteiger partial charge in [0.25, 0.3) is 0 Å². The van der Waals surface area contributed by atoms with E-state index in [1.54, 1.807) is 0 Å². The number of hydrogen-bond donors (Lipinski definition) is 1. The molecular formula is C13H20O7. The number of carbonyl (C=O) groups excluding carboxylic acids is 4. The summed E-state index contributed by atoms with van der Waals surface area (Å²) in [4.78, 5) is 44.0. The zero-order chi connectivity index (χ0) is 15.5. The van der Waals surface area contributed by atoms with E-state index in [4.69, 9.17) is 0 Å². The fourth-order valence-corrected chi connectivity index (χ4v) is 1.49. The number of carbonyl (C=O) groups is 4. The maximum atomic E-state index is 11.5. The number of hydrogen-bond acceptors (Lipinski definition) is 7. The Kier molecular flexibility index (Phi) is 9.19. The van der Waals surface area contributed by atoms with Gasteiger partial charge in [-0.3, -0.25) is 19.2 Å². The molecule has 0 saturated heterocycles. The highest BCUT2D eigenvalue weighted by atomic mass is 16.5. The summed E-state index contributed by atoms with van der Waals surface area (Å²) in [6.45, 7) is 1.47. The second-order valence-corrected chi connectivity index (χ2v) is 4.35. The van der Waals surface area contributed by atoms with Crippen molar-refractivity contribution in [2.75, 3.05) is 13.7 Å². The van der Waals surface area contributed by atoms with E-state index in [0.29, 0.717) is 12.8 Å². The van der Waals surface area contributed by atoms with Gasteiger partial charge in [-0.2, -0.15) is 0 Å². The van der Waals surface area contributed by atoms with Gasteiger partial charge in [0.1, 0.15) is 12.2 Å². The first kappa shape index (κ1) is 18.2. The monoisotopic (exact) mass is 288 g/mol. The topological polar surface area (TPSA) is 107 Å². The minimum atomic E-state index is -0.885. The van der Waals surface area contributed by atoms with Crippen LogP contribution in [0.3, 0.4) is 0 Å². The van der Waals surface area contributed by atoms with E-state index in [2.05, 4.69) is 9.47 Å². The Balaban J connectivity index is 3.81. The summed E-state index contributed by atoms with van der Waals surface area (Å²) in [6, 6.07) is 0. The minimum absolute atomic E-state index is 0.160. The molecule has 0 aliphatic heterocycles. The van der Waals surface area contributed by atoms with Crippen LogP contribution < -0.4 is 0 Å². The Morgan fingerprint density at radius 2 is 1.75 bits per heavy atom. The molecule has 0 spiro atoms. The number of methoxy groups -OCH3 is 1. The second kappa shape index (κ2) is 10.1. The average molecular weight is 288 g/mol. The largest absolute Gasteiger partial charge is 0.469 e. The third-order valence-electron chi connectivity index (χ3n) is 2.41. The van der Waals surface area contributed by atoms with Crippen LogP contribution in [0.5, 0.6) is 0 Å². The first-order chi connectivity index (χ1) is 9.35. The van der Waals surface area contributed by atoms with Crippen LogP contribution in [0.1, 0.15) is 39.0 Å². The van der Waals surface area contributed by atoms with Gasteiger partial charge < -0.3 is 14.6 Å². The number of Topliss-reactive ketones (excluding diaryl/α,β-unsaturated/α-hetero) is 2. The summed E-state index contributed by atoms with van der Waals surface area (Å²) >= 11 is 0. The van der Waals surface area contributed by atoms with E-state index in [-0.39, 0.29) is 13.0 Å². The number of aliphatic hydroxyl groups excluding tert-OH is 1. The van der Waals surface area contributed by atoms with E-state index in [9.17, 15) is 24.3 Å². The van der Waals surface area contributed by atoms with Gasteiger partial charge in [-0.15, -0.1) is 0 Å². The molecule has 1 N–H and O–H groups in total. The van der Waals surface area contributed by atoms with Crippen LogP contribution in [0.2, 0.25) is 0 Å². The van der Waals surface area contributed by atoms with Crippen molar-refractivity contribution < 1.29 is 33.8 Å². The van der Waals surface area contributed by atoms with Crippen LogP contribution in [0.25, 0.3) is 0 Å². The lowest BCUT2D eigenvalue weighted by atomic mass is 10.0. The van der Waals surface area contributed by atoms with Crippen molar-refractivity contribution in [1.82, 2.24) is 0 Å². The summed E-state index contributed by atoms with van der Waals surface area (Å²) in [5.41, 5.74) is 0. The molecule has 0 aromatic rings. The van der Waals surface area contributed by atoms with E-state index in [1.807, 2.05) is 0 Å². The summed E-state index contributed by atoms with van der Waals surface area (Å²) in [6.07, 6.45) is -1.15. The molecule has 1 unspecified atom stereocenters. The fourth-order valence-electron chi connectivity index (χ4n) is 1.49. The van der Waals surface area contributed by atoms with Crippen molar-refractivity contribution >= 4 is 23.5 Å². The Hall–Kier alpha value is -1.76. The number of esters is 2. The first-order valence-corrected chi connectivity index (χ1v) is 6.26. The Labute approximate surface area is 117 Å². The molecule has 0 heterocycles. The lowest BCUT2D eigenvalue weighted by Crippen LogP contribution is -2.18. The molecule has 7 nitrogen and oxygen atoms in total. The zero-order valence-electron chi connectivity index (χ0n) is 11.7. The van der Waals surface area contributed by atoms with Crippen LogP contribution in [0, 0.1) is 0 Å². The van der Waals surface area contributed by atoms with Crippen molar-refractivity contribution in [3.8, 4) is 0 Å². The van der Waals surface area contributed by atoms with Crippen molar-refractivity contribution in [2.45, 2.75) is 45.1 Å². The Morgan fingerprint density at radius 1 is 1.10 bits per heavy atom. The SMILES string of the molecule is COC(=O)CC(=O)CC(=O)CC(O)CCCOC(C)=O. The highest BCUT2D eigenvalue weighted by Crippen LogP contribution is 2.06. The van der Waals surface area contributed by atoms with Crippen molar-refractivity contribution in [3.05, 3.63) is 0 Å². The number of ether oxygens (including phenoxy) is 2. The van der Waals surface area contributed by atoms with Crippen LogP contribution in [-0.2, 0) is 28.7 Å². The molecule has 0 saturated carbocycles. The summed E-state index contributed by atoms with van der Waals surface area (Å²) in [5.74, 6) is -2.05. The molecule has 7 heteroatoms. The molecule has 0 radical (unpaired) electrons. The second-order valence-electron chi connectivity index (χ2n) is 4.35. The standard InChI is InChI=1S/C13H20O7/c1-9(14)20-5-3-4-10(15)6-11(16)7-12(17)8-13(18)19-2/h10,15H,3-8H2,1-2H3. The van der Waals surface area contributed by atoms with Gasteiger partial charge in [-0.05, 0) is 12.8 Å². The molecule has 0 aliphatic carbocycles. The van der Waals surface area contributed by atoms with E-state index in [1.165, 1.54) is 6.92 Å². The van der Waals surface area contributed by atoms with Crippen LogP contribution >= 0.6 is 0 Å². The van der Waals surface area contributed by atoms with Crippen molar-refractivity contribution in [2.24, 2.45) is 0 Å². The lowest BCUT2D eigenvalue weighted by Gasteiger charge is -2.09. The molecule has 0 bridgehead atoms. The number of ketones is 2. The van der Waals surface area contributed by atoms with Gasteiger partial charge in [0.2, 0.25) is 0 Å². The first-order valence-electron chi connectivity index (χ1n) is 6.26. The maximum Gasteiger partial charge on any atom is 0.313 e. The van der Waals surface area contributed by atoms with Gasteiger partial charge in [-0.25, -0.2) is 0 Å². The highest BCUT2D eigenvalue weighted by molar-refractivity contribution is 6.05. The molecule has 0 fully saturated rings. The summed E-state index contributed by atoms with van der Waals surface area (Å²) < 4.78 is 8.98. The molecule has 0 aromatic carbocycles. The van der Waals surface area contributed by atoms with Crippen LogP contribution in [0.4, 0.5) is 0 Å². The summed E-state index contributed by atoms with van der Waals surface area (Å²) in [7, 11) is 1.16. The molecule has 1 atom stereocenters. The molecule has 0 aliphatic rings. The Morgan fingerprint density at radius 3 is 2.30 bits per heavy atom. The smallest absolute Gasteiger partial charge is 0.313 e. The molecule has 114 valence electrons. The van der Waals surface area contributed by atoms with Gasteiger partial charge in [0.15, 0.2) is 5.78 Å². The normalized spacial score (nSPS) is 11.6. The van der Waals surface area contributed by atoms with Gasteiger partial charge >= 0.3 is 11.9 Å². The van der Waals surface area contributed by atoms with Gasteiger partial charge in [0, 0.05) is 13.3 Å². The molecule has 0 amide bonds. The molecule has 0 aromatic heterocycles. The third kappa shape index (κ3) is 10.2. The van der Waals surface area contributed by atoms with Crippen molar-refractivity contribution in [1.29, 1.82) is 0 Å². The van der Waals surface area contributed by atoms with E-state index < -0.39 is 42.5 Å². The molecule has 20 heavy (non-hydrogen) atoms.